The van der Waals surface area contributed by atoms with Gasteiger partial charge in [0.05, 0.1) is 18.8 Å². The molecule has 0 unspecified atom stereocenters. The molecule has 2 N–H and O–H groups in total. The van der Waals surface area contributed by atoms with Crippen LogP contribution in [0.2, 0.25) is 0 Å². The van der Waals surface area contributed by atoms with Crippen LogP contribution in [0.5, 0.6) is 5.75 Å². The molecule has 0 aliphatic heterocycles. The van der Waals surface area contributed by atoms with Crippen molar-refractivity contribution in [3.8, 4) is 5.75 Å². The molecule has 0 amide bonds. The lowest BCUT2D eigenvalue weighted by Crippen LogP contribution is -2.27. The summed E-state index contributed by atoms with van der Waals surface area (Å²) in [5, 5.41) is 13.1. The van der Waals surface area contributed by atoms with Gasteiger partial charge < -0.3 is 15.2 Å². The molecular weight excluding hydrogens is 214 g/mol. The minimum absolute atomic E-state index is 0.203. The van der Waals surface area contributed by atoms with Gasteiger partial charge in [-0.15, -0.1) is 0 Å². The van der Waals surface area contributed by atoms with Crippen LogP contribution in [0.3, 0.4) is 0 Å². The van der Waals surface area contributed by atoms with Crippen LogP contribution in [0, 0.1) is 0 Å². The monoisotopic (exact) mass is 235 g/mol. The van der Waals surface area contributed by atoms with Crippen LogP contribution in [0.1, 0.15) is 32.6 Å². The summed E-state index contributed by atoms with van der Waals surface area (Å²) in [6, 6.07) is 8.17. The van der Waals surface area contributed by atoms with E-state index in [1.165, 1.54) is 0 Å². The number of hydrogen-bond acceptors (Lipinski definition) is 3. The zero-order valence-corrected chi connectivity index (χ0v) is 10.4. The van der Waals surface area contributed by atoms with Gasteiger partial charge in [-0.25, -0.2) is 0 Å². The number of rotatable bonds is 5. The first-order chi connectivity index (χ1) is 8.29. The minimum Gasteiger partial charge on any atom is -0.494 e. The lowest BCUT2D eigenvalue weighted by atomic mass is 10.2. The summed E-state index contributed by atoms with van der Waals surface area (Å²) >= 11 is 0. The van der Waals surface area contributed by atoms with E-state index in [9.17, 15) is 5.11 Å². The van der Waals surface area contributed by atoms with Crippen LogP contribution in [0.15, 0.2) is 24.3 Å². The largest absolute Gasteiger partial charge is 0.494 e. The fraction of sp³-hybridized carbons (Fsp3) is 0.571. The van der Waals surface area contributed by atoms with Crippen molar-refractivity contribution >= 4 is 5.69 Å². The lowest BCUT2D eigenvalue weighted by molar-refractivity contribution is 0.172. The average Bonchev–Trinajstić information content (AvgIpc) is 2.74. The maximum Gasteiger partial charge on any atom is 0.119 e. The number of ether oxygens (including phenoxy) is 1. The summed E-state index contributed by atoms with van der Waals surface area (Å²) in [7, 11) is 0. The van der Waals surface area contributed by atoms with Gasteiger partial charge >= 0.3 is 0 Å². The molecule has 1 aliphatic carbocycles. The maximum atomic E-state index is 9.73. The van der Waals surface area contributed by atoms with Gasteiger partial charge in [0.2, 0.25) is 0 Å². The van der Waals surface area contributed by atoms with Crippen molar-refractivity contribution in [2.45, 2.75) is 44.8 Å². The highest BCUT2D eigenvalue weighted by atomic mass is 16.5. The van der Waals surface area contributed by atoms with E-state index in [2.05, 4.69) is 12.2 Å². The number of nitrogens with one attached hydrogen (secondary N) is 1. The van der Waals surface area contributed by atoms with Crippen LogP contribution < -0.4 is 10.1 Å². The highest BCUT2D eigenvalue weighted by Gasteiger charge is 2.24. The van der Waals surface area contributed by atoms with Crippen molar-refractivity contribution in [2.24, 2.45) is 0 Å². The van der Waals surface area contributed by atoms with E-state index in [1.54, 1.807) is 0 Å². The molecule has 0 saturated heterocycles. The summed E-state index contributed by atoms with van der Waals surface area (Å²) in [5.41, 5.74) is 1.06. The van der Waals surface area contributed by atoms with Crippen molar-refractivity contribution in [1.82, 2.24) is 0 Å². The predicted octanol–water partition coefficient (Wildman–Crippen LogP) is 2.80. The Kier molecular flexibility index (Phi) is 4.26. The van der Waals surface area contributed by atoms with Gasteiger partial charge in [0.25, 0.3) is 0 Å². The van der Waals surface area contributed by atoms with Crippen molar-refractivity contribution in [3.05, 3.63) is 24.3 Å². The Balaban J connectivity index is 1.89. The lowest BCUT2D eigenvalue weighted by Gasteiger charge is -2.18. The standard InChI is InChI=1S/C14H21NO2/c1-2-10-17-12-8-6-11(7-9-12)15-13-4-3-5-14(13)16/h6-9,13-16H,2-5,10H2,1H3/t13-,14-/m0/s1. The minimum atomic E-state index is -0.203. The van der Waals surface area contributed by atoms with E-state index in [0.717, 1.165) is 43.7 Å². The number of anilines is 1. The fourth-order valence-electron chi connectivity index (χ4n) is 2.19. The maximum absolute atomic E-state index is 9.73. The van der Waals surface area contributed by atoms with Gasteiger partial charge in [0.15, 0.2) is 0 Å². The van der Waals surface area contributed by atoms with Crippen LogP contribution >= 0.6 is 0 Å². The van der Waals surface area contributed by atoms with E-state index in [-0.39, 0.29) is 12.1 Å². The molecular formula is C14H21NO2. The number of hydrogen-bond donors (Lipinski definition) is 2. The van der Waals surface area contributed by atoms with E-state index in [1.807, 2.05) is 24.3 Å². The van der Waals surface area contributed by atoms with Crippen molar-refractivity contribution in [3.63, 3.8) is 0 Å². The summed E-state index contributed by atoms with van der Waals surface area (Å²) in [5.74, 6) is 0.907. The van der Waals surface area contributed by atoms with Crippen LogP contribution in [-0.2, 0) is 0 Å². The second kappa shape index (κ2) is 5.92. The zero-order chi connectivity index (χ0) is 12.1. The normalized spacial score (nSPS) is 23.6. The van der Waals surface area contributed by atoms with Crippen LogP contribution in [0.4, 0.5) is 5.69 Å². The van der Waals surface area contributed by atoms with Gasteiger partial charge in [-0.1, -0.05) is 6.92 Å². The van der Waals surface area contributed by atoms with Gasteiger partial charge in [-0.2, -0.15) is 0 Å². The molecule has 17 heavy (non-hydrogen) atoms. The number of aliphatic hydroxyl groups is 1. The number of aliphatic hydroxyl groups excluding tert-OH is 1. The third kappa shape index (κ3) is 3.37. The van der Waals surface area contributed by atoms with Crippen molar-refractivity contribution in [2.75, 3.05) is 11.9 Å². The molecule has 0 radical (unpaired) electrons. The molecule has 94 valence electrons. The average molecular weight is 235 g/mol. The second-order valence-electron chi connectivity index (χ2n) is 4.62. The highest BCUT2D eigenvalue weighted by molar-refractivity contribution is 5.47. The quantitative estimate of drug-likeness (QED) is 0.824. The summed E-state index contributed by atoms with van der Waals surface area (Å²) < 4.78 is 5.52. The Hall–Kier alpha value is -1.22. The molecule has 0 heterocycles. The van der Waals surface area contributed by atoms with Gasteiger partial charge in [-0.3, -0.25) is 0 Å². The van der Waals surface area contributed by atoms with E-state index >= 15 is 0 Å². The molecule has 0 bridgehead atoms. The smallest absolute Gasteiger partial charge is 0.119 e. The molecule has 1 saturated carbocycles. The fourth-order valence-corrected chi connectivity index (χ4v) is 2.19. The summed E-state index contributed by atoms with van der Waals surface area (Å²) in [6.07, 6.45) is 3.89. The molecule has 2 rings (SSSR count). The molecule has 1 fully saturated rings. The van der Waals surface area contributed by atoms with E-state index < -0.39 is 0 Å². The van der Waals surface area contributed by atoms with E-state index in [4.69, 9.17) is 4.74 Å². The Bertz CT molecular complexity index is 337. The first-order valence-corrected chi connectivity index (χ1v) is 6.47. The third-order valence-corrected chi connectivity index (χ3v) is 3.16. The van der Waals surface area contributed by atoms with Gasteiger partial charge in [0.1, 0.15) is 5.75 Å². The first kappa shape index (κ1) is 12.2. The van der Waals surface area contributed by atoms with Crippen LogP contribution in [0.25, 0.3) is 0 Å². The summed E-state index contributed by atoms with van der Waals surface area (Å²) in [4.78, 5) is 0. The van der Waals surface area contributed by atoms with Gasteiger partial charge in [-0.05, 0) is 49.9 Å². The SMILES string of the molecule is CCCOc1ccc(N[C@H]2CCC[C@@H]2O)cc1. The summed E-state index contributed by atoms with van der Waals surface area (Å²) in [6.45, 7) is 2.85. The Labute approximate surface area is 103 Å². The molecule has 0 aromatic heterocycles. The zero-order valence-electron chi connectivity index (χ0n) is 10.4. The molecule has 0 spiro atoms. The highest BCUT2D eigenvalue weighted by Crippen LogP contribution is 2.24. The molecule has 2 atom stereocenters. The molecule has 1 aromatic carbocycles. The second-order valence-corrected chi connectivity index (χ2v) is 4.62. The Morgan fingerprint density at radius 3 is 2.65 bits per heavy atom. The molecule has 3 nitrogen and oxygen atoms in total. The topological polar surface area (TPSA) is 41.5 Å². The molecule has 1 aromatic rings. The van der Waals surface area contributed by atoms with Crippen LogP contribution in [-0.4, -0.2) is 23.9 Å². The predicted molar refractivity (Wildman–Crippen MR) is 69.5 cm³/mol. The Morgan fingerprint density at radius 1 is 1.29 bits per heavy atom. The van der Waals surface area contributed by atoms with E-state index in [0.29, 0.717) is 0 Å². The van der Waals surface area contributed by atoms with Crippen molar-refractivity contribution < 1.29 is 9.84 Å². The molecule has 1 aliphatic rings. The van der Waals surface area contributed by atoms with Gasteiger partial charge in [0, 0.05) is 5.69 Å². The third-order valence-electron chi connectivity index (χ3n) is 3.16. The molecule has 3 heteroatoms. The van der Waals surface area contributed by atoms with Crippen molar-refractivity contribution in [1.29, 1.82) is 0 Å². The Morgan fingerprint density at radius 2 is 2.06 bits per heavy atom. The first-order valence-electron chi connectivity index (χ1n) is 6.47. The number of benzene rings is 1.